The summed E-state index contributed by atoms with van der Waals surface area (Å²) in [7, 11) is 1.24. The highest BCUT2D eigenvalue weighted by molar-refractivity contribution is 6.29. The Morgan fingerprint density at radius 3 is 2.93 bits per heavy atom. The number of hydrogen-bond acceptors (Lipinski definition) is 4. The fraction of sp³-hybridized carbons (Fsp3) is 0.375. The molecule has 5 nitrogen and oxygen atoms in total. The fourth-order valence-electron chi connectivity index (χ4n) is 0.928. The minimum Gasteiger partial charge on any atom is -0.468 e. The first-order valence-corrected chi connectivity index (χ1v) is 4.23. The number of rotatable bonds is 2. The Bertz CT molecular complexity index is 414. The van der Waals surface area contributed by atoms with Crippen molar-refractivity contribution >= 4 is 17.6 Å². The predicted octanol–water partition coefficient (Wildman–Crippen LogP) is 0.378. The van der Waals surface area contributed by atoms with Gasteiger partial charge in [0, 0.05) is 5.56 Å². The quantitative estimate of drug-likeness (QED) is 0.671. The third kappa shape index (κ3) is 2.32. The number of aromatic nitrogens is 2. The van der Waals surface area contributed by atoms with E-state index in [0.717, 1.165) is 4.68 Å². The van der Waals surface area contributed by atoms with Crippen LogP contribution in [0, 0.1) is 6.92 Å². The molecule has 0 aromatic carbocycles. The second kappa shape index (κ2) is 4.23. The molecule has 6 heteroatoms. The molecule has 0 amide bonds. The topological polar surface area (TPSA) is 61.2 Å². The number of carbonyl (C=O) groups excluding carboxylic acids is 1. The molecule has 0 aliphatic heterocycles. The van der Waals surface area contributed by atoms with Crippen molar-refractivity contribution in [2.24, 2.45) is 0 Å². The smallest absolute Gasteiger partial charge is 0.327 e. The molecule has 14 heavy (non-hydrogen) atoms. The van der Waals surface area contributed by atoms with Crippen LogP contribution in [-0.2, 0) is 16.1 Å². The zero-order chi connectivity index (χ0) is 10.7. The van der Waals surface area contributed by atoms with Gasteiger partial charge in [-0.1, -0.05) is 11.6 Å². The largest absolute Gasteiger partial charge is 0.468 e. The molecular formula is C8H9ClN2O3. The summed E-state index contributed by atoms with van der Waals surface area (Å²) in [5.74, 6) is -0.540. The van der Waals surface area contributed by atoms with Gasteiger partial charge < -0.3 is 4.74 Å². The van der Waals surface area contributed by atoms with Gasteiger partial charge >= 0.3 is 5.97 Å². The van der Waals surface area contributed by atoms with Crippen LogP contribution in [-0.4, -0.2) is 22.9 Å². The maximum absolute atomic E-state index is 11.4. The summed E-state index contributed by atoms with van der Waals surface area (Å²) < 4.78 is 5.38. The number of halogens is 1. The molecule has 1 aromatic heterocycles. The highest BCUT2D eigenvalue weighted by atomic mass is 35.5. The average molecular weight is 217 g/mol. The van der Waals surface area contributed by atoms with Crippen molar-refractivity contribution in [2.45, 2.75) is 13.5 Å². The maximum atomic E-state index is 11.4. The van der Waals surface area contributed by atoms with Crippen molar-refractivity contribution < 1.29 is 9.53 Å². The van der Waals surface area contributed by atoms with Gasteiger partial charge in [-0.05, 0) is 13.0 Å². The molecule has 0 bridgehead atoms. The summed E-state index contributed by atoms with van der Waals surface area (Å²) in [5, 5.41) is 3.86. The Hall–Kier alpha value is -1.36. The Morgan fingerprint density at radius 1 is 1.71 bits per heavy atom. The van der Waals surface area contributed by atoms with Crippen LogP contribution in [0.15, 0.2) is 10.9 Å². The third-order valence-corrected chi connectivity index (χ3v) is 1.81. The molecule has 0 atom stereocenters. The van der Waals surface area contributed by atoms with Gasteiger partial charge in [-0.3, -0.25) is 9.59 Å². The number of methoxy groups -OCH3 is 1. The van der Waals surface area contributed by atoms with Crippen molar-refractivity contribution in [1.82, 2.24) is 9.78 Å². The van der Waals surface area contributed by atoms with Crippen LogP contribution in [0.5, 0.6) is 0 Å². The first kappa shape index (κ1) is 10.7. The molecule has 76 valence electrons. The van der Waals surface area contributed by atoms with Crippen molar-refractivity contribution in [1.29, 1.82) is 0 Å². The van der Waals surface area contributed by atoms with Crippen LogP contribution in [0.4, 0.5) is 0 Å². The molecule has 0 unspecified atom stereocenters. The van der Waals surface area contributed by atoms with Gasteiger partial charge in [-0.25, -0.2) is 4.68 Å². The fourth-order valence-corrected chi connectivity index (χ4v) is 1.18. The van der Waals surface area contributed by atoms with Crippen molar-refractivity contribution in [3.63, 3.8) is 0 Å². The van der Waals surface area contributed by atoms with E-state index in [1.54, 1.807) is 6.92 Å². The summed E-state index contributed by atoms with van der Waals surface area (Å²) in [6.07, 6.45) is 0. The molecule has 0 saturated carbocycles. The van der Waals surface area contributed by atoms with E-state index in [1.807, 2.05) is 0 Å². The first-order valence-electron chi connectivity index (χ1n) is 3.85. The van der Waals surface area contributed by atoms with Crippen LogP contribution >= 0.6 is 11.6 Å². The van der Waals surface area contributed by atoms with E-state index in [-0.39, 0.29) is 17.3 Å². The summed E-state index contributed by atoms with van der Waals surface area (Å²) >= 11 is 5.63. The Balaban J connectivity index is 3.09. The SMILES string of the molecule is COC(=O)Cn1nc(Cl)cc(C)c1=O. The molecular weight excluding hydrogens is 208 g/mol. The second-order valence-electron chi connectivity index (χ2n) is 2.69. The van der Waals surface area contributed by atoms with E-state index in [0.29, 0.717) is 5.56 Å². The lowest BCUT2D eigenvalue weighted by atomic mass is 10.3. The lowest BCUT2D eigenvalue weighted by molar-refractivity contribution is -0.141. The summed E-state index contributed by atoms with van der Waals surface area (Å²) in [5.41, 5.74) is 0.0914. The highest BCUT2D eigenvalue weighted by Crippen LogP contribution is 2.01. The molecule has 1 rings (SSSR count). The van der Waals surface area contributed by atoms with Gasteiger partial charge in [0.15, 0.2) is 0 Å². The van der Waals surface area contributed by atoms with Crippen molar-refractivity contribution in [2.75, 3.05) is 7.11 Å². The number of esters is 1. The van der Waals surface area contributed by atoms with Crippen LogP contribution in [0.2, 0.25) is 5.15 Å². The van der Waals surface area contributed by atoms with Gasteiger partial charge in [-0.15, -0.1) is 0 Å². The van der Waals surface area contributed by atoms with Gasteiger partial charge in [0.2, 0.25) is 0 Å². The first-order chi connectivity index (χ1) is 6.54. The molecule has 0 saturated heterocycles. The normalized spacial score (nSPS) is 9.93. The van der Waals surface area contributed by atoms with Crippen LogP contribution in [0.1, 0.15) is 5.56 Å². The lowest BCUT2D eigenvalue weighted by Crippen LogP contribution is -2.28. The zero-order valence-corrected chi connectivity index (χ0v) is 8.54. The minimum absolute atomic E-state index is 0.172. The summed E-state index contributed by atoms with van der Waals surface area (Å²) in [4.78, 5) is 22.3. The van der Waals surface area contributed by atoms with Gasteiger partial charge in [0.05, 0.1) is 7.11 Å². The molecule has 0 aliphatic rings. The van der Waals surface area contributed by atoms with Crippen molar-refractivity contribution in [3.8, 4) is 0 Å². The Labute approximate surface area is 85.2 Å². The Kier molecular flexibility index (Phi) is 3.24. The van der Waals surface area contributed by atoms with Crippen LogP contribution in [0.25, 0.3) is 0 Å². The highest BCUT2D eigenvalue weighted by Gasteiger charge is 2.08. The molecule has 0 aliphatic carbocycles. The number of carbonyl (C=O) groups is 1. The molecule has 0 N–H and O–H groups in total. The van der Waals surface area contributed by atoms with E-state index in [2.05, 4.69) is 9.84 Å². The van der Waals surface area contributed by atoms with E-state index in [1.165, 1.54) is 13.2 Å². The predicted molar refractivity (Wildman–Crippen MR) is 50.3 cm³/mol. The monoisotopic (exact) mass is 216 g/mol. The van der Waals surface area contributed by atoms with E-state index >= 15 is 0 Å². The standard InChI is InChI=1S/C8H9ClN2O3/c1-5-3-6(9)10-11(8(5)13)4-7(12)14-2/h3H,4H2,1-2H3. The van der Waals surface area contributed by atoms with Crippen LogP contribution < -0.4 is 5.56 Å². The zero-order valence-electron chi connectivity index (χ0n) is 7.78. The molecule has 1 heterocycles. The van der Waals surface area contributed by atoms with Gasteiger partial charge in [0.25, 0.3) is 5.56 Å². The van der Waals surface area contributed by atoms with Gasteiger partial charge in [-0.2, -0.15) is 5.10 Å². The van der Waals surface area contributed by atoms with Crippen LogP contribution in [0.3, 0.4) is 0 Å². The third-order valence-electron chi connectivity index (χ3n) is 1.63. The van der Waals surface area contributed by atoms with Gasteiger partial charge in [0.1, 0.15) is 11.7 Å². The van der Waals surface area contributed by atoms with E-state index < -0.39 is 5.97 Å². The Morgan fingerprint density at radius 2 is 2.36 bits per heavy atom. The molecule has 0 radical (unpaired) electrons. The minimum atomic E-state index is -0.540. The molecule has 0 fully saturated rings. The molecule has 1 aromatic rings. The summed E-state index contributed by atoms with van der Waals surface area (Å²) in [6, 6.07) is 1.44. The lowest BCUT2D eigenvalue weighted by Gasteiger charge is -2.03. The summed E-state index contributed by atoms with van der Waals surface area (Å²) in [6.45, 7) is 1.38. The number of aryl methyl sites for hydroxylation is 1. The number of hydrogen-bond donors (Lipinski definition) is 0. The average Bonchev–Trinajstić information content (AvgIpc) is 2.13. The number of nitrogens with zero attached hydrogens (tertiary/aromatic N) is 2. The van der Waals surface area contributed by atoms with Crippen molar-refractivity contribution in [3.05, 3.63) is 27.1 Å². The van der Waals surface area contributed by atoms with E-state index in [9.17, 15) is 9.59 Å². The maximum Gasteiger partial charge on any atom is 0.327 e. The number of ether oxygens (including phenoxy) is 1. The van der Waals surface area contributed by atoms with E-state index in [4.69, 9.17) is 11.6 Å². The second-order valence-corrected chi connectivity index (χ2v) is 3.08. The molecule has 0 spiro atoms.